The van der Waals surface area contributed by atoms with Crippen LogP contribution in [0.1, 0.15) is 20.7 Å². The lowest BCUT2D eigenvalue weighted by atomic mass is 10.0. The average molecular weight is 389 g/mol. The van der Waals surface area contributed by atoms with Gasteiger partial charge >= 0.3 is 0 Å². The summed E-state index contributed by atoms with van der Waals surface area (Å²) < 4.78 is 0. The maximum absolute atomic E-state index is 13.0. The molecule has 0 N–H and O–H groups in total. The van der Waals surface area contributed by atoms with Crippen LogP contribution < -0.4 is 0 Å². The third-order valence-electron chi connectivity index (χ3n) is 5.20. The Hall–Kier alpha value is -3.74. The highest BCUT2D eigenvalue weighted by atomic mass is 16.6. The van der Waals surface area contributed by atoms with E-state index in [2.05, 4.69) is 0 Å². The van der Waals surface area contributed by atoms with E-state index in [4.69, 9.17) is 0 Å². The van der Waals surface area contributed by atoms with Crippen molar-refractivity contribution in [3.8, 4) is 0 Å². The molecular weight excluding hydrogens is 370 g/mol. The molecule has 1 aliphatic rings. The van der Waals surface area contributed by atoms with E-state index in [1.165, 1.54) is 24.3 Å². The molecule has 0 atom stereocenters. The highest BCUT2D eigenvalue weighted by Crippen LogP contribution is 2.21. The summed E-state index contributed by atoms with van der Waals surface area (Å²) >= 11 is 0. The van der Waals surface area contributed by atoms with Crippen LogP contribution in [-0.2, 0) is 0 Å². The van der Waals surface area contributed by atoms with Gasteiger partial charge in [0.25, 0.3) is 17.5 Å². The molecule has 1 heterocycles. The van der Waals surface area contributed by atoms with Gasteiger partial charge in [0, 0.05) is 49.4 Å². The van der Waals surface area contributed by atoms with Crippen LogP contribution in [0, 0.1) is 10.1 Å². The average Bonchev–Trinajstić information content (AvgIpc) is 2.78. The fourth-order valence-electron chi connectivity index (χ4n) is 3.60. The van der Waals surface area contributed by atoms with Gasteiger partial charge in [-0.2, -0.15) is 0 Å². The quantitative estimate of drug-likeness (QED) is 0.508. The molecule has 1 saturated heterocycles. The molecule has 4 rings (SSSR count). The van der Waals surface area contributed by atoms with E-state index in [1.54, 1.807) is 9.80 Å². The molecule has 1 aliphatic heterocycles. The molecule has 7 nitrogen and oxygen atoms in total. The summed E-state index contributed by atoms with van der Waals surface area (Å²) in [7, 11) is 0. The number of piperazine rings is 1. The molecule has 0 spiro atoms. The third-order valence-corrected chi connectivity index (χ3v) is 5.20. The van der Waals surface area contributed by atoms with E-state index < -0.39 is 4.92 Å². The summed E-state index contributed by atoms with van der Waals surface area (Å²) in [5, 5.41) is 12.7. The van der Waals surface area contributed by atoms with Gasteiger partial charge in [-0.15, -0.1) is 0 Å². The van der Waals surface area contributed by atoms with E-state index in [1.807, 2.05) is 42.5 Å². The van der Waals surface area contributed by atoms with Crippen molar-refractivity contribution < 1.29 is 14.5 Å². The summed E-state index contributed by atoms with van der Waals surface area (Å²) in [5.74, 6) is -0.221. The summed E-state index contributed by atoms with van der Waals surface area (Å²) in [6.45, 7) is 1.74. The number of rotatable bonds is 3. The molecule has 0 unspecified atom stereocenters. The van der Waals surface area contributed by atoms with Gasteiger partial charge in [0.2, 0.25) is 0 Å². The van der Waals surface area contributed by atoms with Crippen molar-refractivity contribution in [2.75, 3.05) is 26.2 Å². The molecular formula is C22H19N3O4. The van der Waals surface area contributed by atoms with E-state index in [0.29, 0.717) is 37.3 Å². The number of hydrogen-bond acceptors (Lipinski definition) is 4. The first-order chi connectivity index (χ1) is 14.0. The SMILES string of the molecule is O=C(c1ccc([N+](=O)[O-])cc1)N1CCN(C(=O)c2cccc3ccccc23)CC1. The summed E-state index contributed by atoms with van der Waals surface area (Å²) in [6, 6.07) is 19.1. The highest BCUT2D eigenvalue weighted by molar-refractivity contribution is 6.07. The second kappa shape index (κ2) is 7.71. The Balaban J connectivity index is 1.44. The zero-order chi connectivity index (χ0) is 20.4. The number of nitro benzene ring substituents is 1. The Morgan fingerprint density at radius 1 is 0.759 bits per heavy atom. The number of carbonyl (C=O) groups excluding carboxylic acids is 2. The smallest absolute Gasteiger partial charge is 0.269 e. The molecule has 29 heavy (non-hydrogen) atoms. The Morgan fingerprint density at radius 2 is 1.34 bits per heavy atom. The summed E-state index contributed by atoms with van der Waals surface area (Å²) in [5.41, 5.74) is 1.02. The Kier molecular flexibility index (Phi) is 4.95. The lowest BCUT2D eigenvalue weighted by Gasteiger charge is -2.35. The zero-order valence-corrected chi connectivity index (χ0v) is 15.7. The van der Waals surface area contributed by atoms with Crippen LogP contribution in [0.4, 0.5) is 5.69 Å². The predicted molar refractivity (Wildman–Crippen MR) is 109 cm³/mol. The first-order valence-electron chi connectivity index (χ1n) is 9.35. The monoisotopic (exact) mass is 389 g/mol. The predicted octanol–water partition coefficient (Wildman–Crippen LogP) is 3.35. The lowest BCUT2D eigenvalue weighted by Crippen LogP contribution is -2.50. The number of amides is 2. The standard InChI is InChI=1S/C22H19N3O4/c26-21(17-8-10-18(11-9-17)25(28)29)23-12-14-24(15-13-23)22(27)20-7-3-5-16-4-1-2-6-19(16)20/h1-11H,12-15H2. The van der Waals surface area contributed by atoms with Crippen molar-refractivity contribution in [3.05, 3.63) is 88.0 Å². The van der Waals surface area contributed by atoms with Gasteiger partial charge in [0.15, 0.2) is 0 Å². The van der Waals surface area contributed by atoms with E-state index in [-0.39, 0.29) is 17.5 Å². The van der Waals surface area contributed by atoms with Crippen LogP contribution in [0.5, 0.6) is 0 Å². The fourth-order valence-corrected chi connectivity index (χ4v) is 3.60. The first kappa shape index (κ1) is 18.6. The van der Waals surface area contributed by atoms with Gasteiger partial charge in [-0.3, -0.25) is 19.7 Å². The molecule has 146 valence electrons. The number of carbonyl (C=O) groups is 2. The minimum atomic E-state index is -0.494. The second-order valence-corrected chi connectivity index (χ2v) is 6.92. The minimum absolute atomic E-state index is 0.0377. The van der Waals surface area contributed by atoms with Crippen molar-refractivity contribution in [2.45, 2.75) is 0 Å². The van der Waals surface area contributed by atoms with Gasteiger partial charge in [-0.05, 0) is 29.0 Å². The summed E-state index contributed by atoms with van der Waals surface area (Å²) in [6.07, 6.45) is 0. The van der Waals surface area contributed by atoms with Gasteiger partial charge in [0.05, 0.1) is 4.92 Å². The second-order valence-electron chi connectivity index (χ2n) is 6.92. The molecule has 3 aromatic rings. The molecule has 0 aliphatic carbocycles. The third kappa shape index (κ3) is 3.67. The van der Waals surface area contributed by atoms with Crippen LogP contribution in [-0.4, -0.2) is 52.7 Å². The normalized spacial score (nSPS) is 14.1. The molecule has 0 radical (unpaired) electrons. The van der Waals surface area contributed by atoms with Gasteiger partial charge in [-0.25, -0.2) is 0 Å². The number of nitro groups is 1. The first-order valence-corrected chi connectivity index (χ1v) is 9.35. The number of hydrogen-bond donors (Lipinski definition) is 0. The van der Waals surface area contributed by atoms with E-state index >= 15 is 0 Å². The van der Waals surface area contributed by atoms with Crippen molar-refractivity contribution in [3.63, 3.8) is 0 Å². The summed E-state index contributed by atoms with van der Waals surface area (Å²) in [4.78, 5) is 39.4. The van der Waals surface area contributed by atoms with Crippen LogP contribution in [0.3, 0.4) is 0 Å². The molecule has 0 aromatic heterocycles. The van der Waals surface area contributed by atoms with Crippen LogP contribution in [0.15, 0.2) is 66.7 Å². The molecule has 0 bridgehead atoms. The number of benzene rings is 3. The maximum atomic E-state index is 13.0. The Bertz CT molecular complexity index is 1080. The van der Waals surface area contributed by atoms with Crippen molar-refractivity contribution in [2.24, 2.45) is 0 Å². The van der Waals surface area contributed by atoms with Crippen LogP contribution in [0.25, 0.3) is 10.8 Å². The van der Waals surface area contributed by atoms with Crippen LogP contribution >= 0.6 is 0 Å². The minimum Gasteiger partial charge on any atom is -0.335 e. The molecule has 3 aromatic carbocycles. The van der Waals surface area contributed by atoms with E-state index in [9.17, 15) is 19.7 Å². The van der Waals surface area contributed by atoms with Crippen molar-refractivity contribution >= 4 is 28.3 Å². The number of non-ortho nitro benzene ring substituents is 1. The molecule has 2 amide bonds. The molecule has 1 fully saturated rings. The zero-order valence-electron chi connectivity index (χ0n) is 15.7. The maximum Gasteiger partial charge on any atom is 0.269 e. The lowest BCUT2D eigenvalue weighted by molar-refractivity contribution is -0.384. The highest BCUT2D eigenvalue weighted by Gasteiger charge is 2.26. The number of nitrogens with zero attached hydrogens (tertiary/aromatic N) is 3. The fraction of sp³-hybridized carbons (Fsp3) is 0.182. The van der Waals surface area contributed by atoms with E-state index in [0.717, 1.165) is 10.8 Å². The Morgan fingerprint density at radius 3 is 2.00 bits per heavy atom. The topological polar surface area (TPSA) is 83.8 Å². The Labute approximate surface area is 167 Å². The van der Waals surface area contributed by atoms with Gasteiger partial charge in [0.1, 0.15) is 0 Å². The van der Waals surface area contributed by atoms with Gasteiger partial charge < -0.3 is 9.80 Å². The van der Waals surface area contributed by atoms with Crippen molar-refractivity contribution in [1.82, 2.24) is 9.80 Å². The number of fused-ring (bicyclic) bond motifs is 1. The molecule has 7 heteroatoms. The molecule has 0 saturated carbocycles. The van der Waals surface area contributed by atoms with Crippen molar-refractivity contribution in [1.29, 1.82) is 0 Å². The largest absolute Gasteiger partial charge is 0.335 e. The van der Waals surface area contributed by atoms with Crippen LogP contribution in [0.2, 0.25) is 0 Å². The van der Waals surface area contributed by atoms with Gasteiger partial charge in [-0.1, -0.05) is 36.4 Å².